The molecule has 3 aromatic rings. The number of para-hydroxylation sites is 1. The van der Waals surface area contributed by atoms with Crippen molar-refractivity contribution in [3.05, 3.63) is 115 Å². The first kappa shape index (κ1) is 19.5. The molecule has 0 fully saturated rings. The van der Waals surface area contributed by atoms with Gasteiger partial charge in [-0.1, -0.05) is 123 Å². The van der Waals surface area contributed by atoms with E-state index in [0.717, 1.165) is 6.42 Å². The van der Waals surface area contributed by atoms with Gasteiger partial charge in [0.05, 0.1) is 0 Å². The standard InChI is InChI=1S/C27H29NSi/c1-2-3-21-27(22-13-14-23-27)29(25-17-9-5-10-18-25,26-19-11-6-12-20-26)28-24-15-7-4-8-16-24/h4-20,22-23,28H,2-3,21H2,1H3. The number of hydrogen-bond acceptors (Lipinski definition) is 1. The van der Waals surface area contributed by atoms with Gasteiger partial charge in [-0.25, -0.2) is 0 Å². The molecule has 1 aliphatic carbocycles. The highest BCUT2D eigenvalue weighted by Crippen LogP contribution is 2.48. The van der Waals surface area contributed by atoms with Crippen LogP contribution in [0.5, 0.6) is 0 Å². The zero-order valence-electron chi connectivity index (χ0n) is 17.1. The Morgan fingerprint density at radius 2 is 1.17 bits per heavy atom. The van der Waals surface area contributed by atoms with Crippen LogP contribution >= 0.6 is 0 Å². The second-order valence-electron chi connectivity index (χ2n) is 7.84. The van der Waals surface area contributed by atoms with Crippen molar-refractivity contribution in [3.63, 3.8) is 0 Å². The molecule has 0 aliphatic heterocycles. The number of rotatable bonds is 8. The summed E-state index contributed by atoms with van der Waals surface area (Å²) in [5.41, 5.74) is 1.19. The van der Waals surface area contributed by atoms with Crippen LogP contribution in [0.1, 0.15) is 26.2 Å². The van der Waals surface area contributed by atoms with E-state index < -0.39 is 8.24 Å². The molecule has 4 rings (SSSR count). The van der Waals surface area contributed by atoms with Gasteiger partial charge in [-0.2, -0.15) is 0 Å². The minimum absolute atomic E-state index is 0.0123. The molecule has 29 heavy (non-hydrogen) atoms. The third-order valence-electron chi connectivity index (χ3n) is 6.06. The molecular weight excluding hydrogens is 366 g/mol. The Balaban J connectivity index is 2.00. The average Bonchev–Trinajstić information content (AvgIpc) is 3.28. The summed E-state index contributed by atoms with van der Waals surface area (Å²) in [6, 6.07) is 33.0. The minimum atomic E-state index is -2.47. The topological polar surface area (TPSA) is 12.0 Å². The van der Waals surface area contributed by atoms with Crippen LogP contribution in [-0.2, 0) is 0 Å². The molecule has 0 atom stereocenters. The predicted octanol–water partition coefficient (Wildman–Crippen LogP) is 5.92. The zero-order valence-corrected chi connectivity index (χ0v) is 18.1. The predicted molar refractivity (Wildman–Crippen MR) is 128 cm³/mol. The van der Waals surface area contributed by atoms with Crippen molar-refractivity contribution in [1.29, 1.82) is 0 Å². The Morgan fingerprint density at radius 3 is 1.66 bits per heavy atom. The maximum atomic E-state index is 4.15. The van der Waals surface area contributed by atoms with Gasteiger partial charge < -0.3 is 4.98 Å². The van der Waals surface area contributed by atoms with E-state index >= 15 is 0 Å². The molecule has 0 spiro atoms. The lowest BCUT2D eigenvalue weighted by molar-refractivity contribution is 0.648. The molecule has 2 heteroatoms. The Kier molecular flexibility index (Phi) is 5.82. The molecule has 1 N–H and O–H groups in total. The largest absolute Gasteiger partial charge is 0.403 e. The van der Waals surface area contributed by atoms with Gasteiger partial charge in [-0.3, -0.25) is 0 Å². The van der Waals surface area contributed by atoms with Crippen LogP contribution < -0.4 is 15.4 Å². The van der Waals surface area contributed by atoms with Crippen LogP contribution in [0, 0.1) is 0 Å². The van der Waals surface area contributed by atoms with Gasteiger partial charge >= 0.3 is 0 Å². The van der Waals surface area contributed by atoms with Crippen LogP contribution in [0.15, 0.2) is 115 Å². The van der Waals surface area contributed by atoms with E-state index in [-0.39, 0.29) is 5.04 Å². The molecule has 1 nitrogen and oxygen atoms in total. The number of unbranched alkanes of at least 4 members (excludes halogenated alkanes) is 1. The molecule has 0 bridgehead atoms. The minimum Gasteiger partial charge on any atom is -0.403 e. The molecular formula is C27H29NSi. The quantitative estimate of drug-likeness (QED) is 0.467. The van der Waals surface area contributed by atoms with E-state index in [1.807, 2.05) is 0 Å². The summed E-state index contributed by atoms with van der Waals surface area (Å²) in [4.78, 5) is 4.15. The number of anilines is 1. The van der Waals surface area contributed by atoms with Crippen LogP contribution in [-0.4, -0.2) is 8.24 Å². The van der Waals surface area contributed by atoms with E-state index in [0.29, 0.717) is 0 Å². The lowest BCUT2D eigenvalue weighted by Crippen LogP contribution is -2.71. The highest BCUT2D eigenvalue weighted by Gasteiger charge is 2.54. The van der Waals surface area contributed by atoms with Crippen molar-refractivity contribution in [1.82, 2.24) is 0 Å². The summed E-state index contributed by atoms with van der Waals surface area (Å²) < 4.78 is 0. The third-order valence-corrected chi connectivity index (χ3v) is 11.1. The molecule has 0 amide bonds. The van der Waals surface area contributed by atoms with Gasteiger partial charge in [0.15, 0.2) is 0 Å². The Labute approximate surface area is 175 Å². The first-order valence-electron chi connectivity index (χ1n) is 10.6. The van der Waals surface area contributed by atoms with Crippen LogP contribution in [0.25, 0.3) is 0 Å². The Morgan fingerprint density at radius 1 is 0.690 bits per heavy atom. The second kappa shape index (κ2) is 8.67. The smallest absolute Gasteiger partial charge is 0.232 e. The molecule has 3 aromatic carbocycles. The highest BCUT2D eigenvalue weighted by molar-refractivity contribution is 7.07. The van der Waals surface area contributed by atoms with Gasteiger partial charge in [0, 0.05) is 10.7 Å². The third kappa shape index (κ3) is 3.61. The second-order valence-corrected chi connectivity index (χ2v) is 11.7. The van der Waals surface area contributed by atoms with Crippen molar-refractivity contribution < 1.29 is 0 Å². The number of benzene rings is 3. The van der Waals surface area contributed by atoms with Gasteiger partial charge in [-0.15, -0.1) is 0 Å². The number of hydrogen-bond donors (Lipinski definition) is 1. The van der Waals surface area contributed by atoms with E-state index in [1.54, 1.807) is 0 Å². The van der Waals surface area contributed by atoms with Crippen molar-refractivity contribution in [2.75, 3.05) is 4.98 Å². The fourth-order valence-corrected chi connectivity index (χ4v) is 9.82. The van der Waals surface area contributed by atoms with E-state index in [4.69, 9.17) is 0 Å². The molecule has 146 valence electrons. The molecule has 0 unspecified atom stereocenters. The van der Waals surface area contributed by atoms with Crippen molar-refractivity contribution >= 4 is 24.3 Å². The van der Waals surface area contributed by atoms with Crippen molar-refractivity contribution in [2.45, 2.75) is 31.2 Å². The number of nitrogens with one attached hydrogen (secondary N) is 1. The number of allylic oxidation sites excluding steroid dienone is 4. The first-order chi connectivity index (χ1) is 14.3. The Hall–Kier alpha value is -2.84. The van der Waals surface area contributed by atoms with Crippen molar-refractivity contribution in [2.24, 2.45) is 0 Å². The summed E-state index contributed by atoms with van der Waals surface area (Å²) in [6.45, 7) is 2.29. The fraction of sp³-hybridized carbons (Fsp3) is 0.185. The van der Waals surface area contributed by atoms with Crippen LogP contribution in [0.4, 0.5) is 5.69 Å². The summed E-state index contributed by atoms with van der Waals surface area (Å²) in [5.74, 6) is 0. The molecule has 0 heterocycles. The fourth-order valence-electron chi connectivity index (χ4n) is 4.66. The molecule has 0 saturated heterocycles. The lowest BCUT2D eigenvalue weighted by atomic mass is 10.0. The van der Waals surface area contributed by atoms with Crippen molar-refractivity contribution in [3.8, 4) is 0 Å². The first-order valence-corrected chi connectivity index (χ1v) is 12.6. The lowest BCUT2D eigenvalue weighted by Gasteiger charge is -2.47. The summed E-state index contributed by atoms with van der Waals surface area (Å²) >= 11 is 0. The summed E-state index contributed by atoms with van der Waals surface area (Å²) in [6.07, 6.45) is 13.0. The van der Waals surface area contributed by atoms with Gasteiger partial charge in [0.2, 0.25) is 8.24 Å². The summed E-state index contributed by atoms with van der Waals surface area (Å²) in [5, 5.41) is 2.83. The highest BCUT2D eigenvalue weighted by atomic mass is 28.3. The van der Waals surface area contributed by atoms with Crippen LogP contribution in [0.2, 0.25) is 5.04 Å². The van der Waals surface area contributed by atoms with E-state index in [9.17, 15) is 0 Å². The SMILES string of the molecule is CCCCC1([Si](Nc2ccccc2)(c2ccccc2)c2ccccc2)C=CC=C1. The van der Waals surface area contributed by atoms with E-state index in [1.165, 1.54) is 28.9 Å². The van der Waals surface area contributed by atoms with E-state index in [2.05, 4.69) is 127 Å². The summed E-state index contributed by atoms with van der Waals surface area (Å²) in [7, 11) is -2.47. The average molecular weight is 396 g/mol. The zero-order chi connectivity index (χ0) is 20.0. The Bertz CT molecular complexity index is 910. The van der Waals surface area contributed by atoms with Gasteiger partial charge in [0.1, 0.15) is 0 Å². The molecule has 0 aromatic heterocycles. The van der Waals surface area contributed by atoms with Crippen LogP contribution in [0.3, 0.4) is 0 Å². The normalized spacial score (nSPS) is 14.8. The maximum absolute atomic E-state index is 4.15. The molecule has 0 radical (unpaired) electrons. The maximum Gasteiger partial charge on any atom is 0.232 e. The van der Waals surface area contributed by atoms with Gasteiger partial charge in [0.25, 0.3) is 0 Å². The van der Waals surface area contributed by atoms with Gasteiger partial charge in [-0.05, 0) is 28.9 Å². The monoisotopic (exact) mass is 395 g/mol. The molecule has 1 aliphatic rings. The molecule has 0 saturated carbocycles.